The van der Waals surface area contributed by atoms with Gasteiger partial charge in [-0.05, 0) is 17.9 Å². The minimum absolute atomic E-state index is 0.0351. The maximum Gasteiger partial charge on any atom is 0.258 e. The standard InChI is InChI=1S/C21H27NO4/c1-15(2)10-20(16-8-6-5-7-9-16)22-21(23)14-26-19-12-17(24-3)11-18(13-19)25-4/h5-9,11-13,15,20H,10,14H2,1-4H3,(H,22,23)/t20-/m1/s1. The van der Waals surface area contributed by atoms with Crippen LogP contribution in [0.2, 0.25) is 0 Å². The van der Waals surface area contributed by atoms with Crippen molar-refractivity contribution in [2.24, 2.45) is 5.92 Å². The molecule has 5 heteroatoms. The van der Waals surface area contributed by atoms with Crippen LogP contribution in [0.4, 0.5) is 0 Å². The van der Waals surface area contributed by atoms with Crippen LogP contribution >= 0.6 is 0 Å². The molecule has 1 amide bonds. The third kappa shape index (κ3) is 5.99. The first kappa shape index (κ1) is 19.6. The van der Waals surface area contributed by atoms with Gasteiger partial charge >= 0.3 is 0 Å². The molecule has 26 heavy (non-hydrogen) atoms. The molecule has 2 aromatic carbocycles. The normalized spacial score (nSPS) is 11.7. The van der Waals surface area contributed by atoms with E-state index >= 15 is 0 Å². The summed E-state index contributed by atoms with van der Waals surface area (Å²) in [5, 5.41) is 3.07. The number of carbonyl (C=O) groups is 1. The molecule has 0 aliphatic rings. The Morgan fingerprint density at radius 1 is 0.962 bits per heavy atom. The van der Waals surface area contributed by atoms with Gasteiger partial charge in [0.05, 0.1) is 20.3 Å². The van der Waals surface area contributed by atoms with Crippen LogP contribution in [0.1, 0.15) is 31.9 Å². The number of hydrogen-bond donors (Lipinski definition) is 1. The summed E-state index contributed by atoms with van der Waals surface area (Å²) in [5.74, 6) is 2.05. The van der Waals surface area contributed by atoms with Crippen LogP contribution in [0.5, 0.6) is 17.2 Å². The van der Waals surface area contributed by atoms with E-state index in [1.54, 1.807) is 32.4 Å². The van der Waals surface area contributed by atoms with Gasteiger partial charge in [-0.2, -0.15) is 0 Å². The Kier molecular flexibility index (Phi) is 7.33. The van der Waals surface area contributed by atoms with E-state index in [0.29, 0.717) is 23.2 Å². The molecule has 0 bridgehead atoms. The molecule has 0 saturated carbocycles. The Morgan fingerprint density at radius 3 is 2.08 bits per heavy atom. The van der Waals surface area contributed by atoms with Crippen molar-refractivity contribution in [3.8, 4) is 17.2 Å². The summed E-state index contributed by atoms with van der Waals surface area (Å²) in [5.41, 5.74) is 1.09. The highest BCUT2D eigenvalue weighted by Crippen LogP contribution is 2.27. The van der Waals surface area contributed by atoms with E-state index in [1.165, 1.54) is 0 Å². The quantitative estimate of drug-likeness (QED) is 0.737. The largest absolute Gasteiger partial charge is 0.496 e. The fourth-order valence-electron chi connectivity index (χ4n) is 2.68. The van der Waals surface area contributed by atoms with Gasteiger partial charge in [0.1, 0.15) is 17.2 Å². The van der Waals surface area contributed by atoms with Gasteiger partial charge in [-0.1, -0.05) is 44.2 Å². The lowest BCUT2D eigenvalue weighted by Crippen LogP contribution is -2.33. The first-order chi connectivity index (χ1) is 12.5. The smallest absolute Gasteiger partial charge is 0.258 e. The average molecular weight is 357 g/mol. The number of nitrogens with one attached hydrogen (secondary N) is 1. The third-order valence-corrected chi connectivity index (χ3v) is 3.94. The van der Waals surface area contributed by atoms with E-state index in [1.807, 2.05) is 30.3 Å². The van der Waals surface area contributed by atoms with Crippen LogP contribution in [0.25, 0.3) is 0 Å². The van der Waals surface area contributed by atoms with E-state index in [9.17, 15) is 4.79 Å². The molecule has 1 atom stereocenters. The predicted molar refractivity (Wildman–Crippen MR) is 102 cm³/mol. The molecule has 0 spiro atoms. The lowest BCUT2D eigenvalue weighted by Gasteiger charge is -2.21. The number of carbonyl (C=O) groups excluding carboxylic acids is 1. The van der Waals surface area contributed by atoms with Crippen molar-refractivity contribution in [3.05, 3.63) is 54.1 Å². The zero-order valence-electron chi connectivity index (χ0n) is 15.8. The summed E-state index contributed by atoms with van der Waals surface area (Å²) in [4.78, 5) is 12.4. The summed E-state index contributed by atoms with van der Waals surface area (Å²) >= 11 is 0. The van der Waals surface area contributed by atoms with Crippen LogP contribution in [0, 0.1) is 5.92 Å². The zero-order valence-corrected chi connectivity index (χ0v) is 15.8. The second-order valence-corrected chi connectivity index (χ2v) is 6.50. The minimum Gasteiger partial charge on any atom is -0.496 e. The van der Waals surface area contributed by atoms with Crippen molar-refractivity contribution in [1.82, 2.24) is 5.32 Å². The van der Waals surface area contributed by atoms with Gasteiger partial charge in [-0.25, -0.2) is 0 Å². The number of amides is 1. The van der Waals surface area contributed by atoms with Gasteiger partial charge in [0.25, 0.3) is 5.91 Å². The molecule has 0 aromatic heterocycles. The SMILES string of the molecule is COc1cc(OC)cc(OCC(=O)N[C@H](CC(C)C)c2ccccc2)c1. The summed E-state index contributed by atoms with van der Waals surface area (Å²) < 4.78 is 16.0. The zero-order chi connectivity index (χ0) is 18.9. The van der Waals surface area contributed by atoms with Gasteiger partial charge < -0.3 is 19.5 Å². The maximum atomic E-state index is 12.4. The van der Waals surface area contributed by atoms with Gasteiger partial charge in [0.2, 0.25) is 0 Å². The van der Waals surface area contributed by atoms with E-state index in [2.05, 4.69) is 19.2 Å². The van der Waals surface area contributed by atoms with E-state index in [0.717, 1.165) is 12.0 Å². The van der Waals surface area contributed by atoms with Crippen molar-refractivity contribution in [1.29, 1.82) is 0 Å². The van der Waals surface area contributed by atoms with Crippen LogP contribution in [0.3, 0.4) is 0 Å². The Morgan fingerprint density at radius 2 is 1.54 bits per heavy atom. The van der Waals surface area contributed by atoms with Gasteiger partial charge in [0.15, 0.2) is 6.61 Å². The molecule has 5 nitrogen and oxygen atoms in total. The summed E-state index contributed by atoms with van der Waals surface area (Å²) in [6, 6.07) is 15.1. The molecule has 0 radical (unpaired) electrons. The van der Waals surface area contributed by atoms with Crippen molar-refractivity contribution >= 4 is 5.91 Å². The first-order valence-electron chi connectivity index (χ1n) is 8.72. The number of benzene rings is 2. The van der Waals surface area contributed by atoms with Gasteiger partial charge in [-0.3, -0.25) is 4.79 Å². The average Bonchev–Trinajstić information content (AvgIpc) is 2.65. The number of rotatable bonds is 9. The molecule has 0 aliphatic carbocycles. The van der Waals surface area contributed by atoms with Crippen LogP contribution in [0.15, 0.2) is 48.5 Å². The van der Waals surface area contributed by atoms with Crippen LogP contribution in [-0.4, -0.2) is 26.7 Å². The number of methoxy groups -OCH3 is 2. The Labute approximate surface area is 155 Å². The molecular weight excluding hydrogens is 330 g/mol. The second kappa shape index (κ2) is 9.70. The minimum atomic E-state index is -0.165. The van der Waals surface area contributed by atoms with Crippen molar-refractivity contribution in [2.75, 3.05) is 20.8 Å². The summed E-state index contributed by atoms with van der Waals surface area (Å²) in [7, 11) is 3.14. The Hall–Kier alpha value is -2.69. The van der Waals surface area contributed by atoms with Crippen molar-refractivity contribution in [2.45, 2.75) is 26.3 Å². The lowest BCUT2D eigenvalue weighted by atomic mass is 9.97. The first-order valence-corrected chi connectivity index (χ1v) is 8.72. The fourth-order valence-corrected chi connectivity index (χ4v) is 2.68. The molecular formula is C21H27NO4. The van der Waals surface area contributed by atoms with Crippen LogP contribution in [-0.2, 0) is 4.79 Å². The van der Waals surface area contributed by atoms with Crippen molar-refractivity contribution in [3.63, 3.8) is 0 Å². The molecule has 0 aliphatic heterocycles. The highest BCUT2D eigenvalue weighted by atomic mass is 16.5. The summed E-state index contributed by atoms with van der Waals surface area (Å²) in [6.45, 7) is 4.21. The predicted octanol–water partition coefficient (Wildman–Crippen LogP) is 3.99. The topological polar surface area (TPSA) is 56.8 Å². The highest BCUT2D eigenvalue weighted by Gasteiger charge is 2.16. The second-order valence-electron chi connectivity index (χ2n) is 6.50. The van der Waals surface area contributed by atoms with Gasteiger partial charge in [-0.15, -0.1) is 0 Å². The summed E-state index contributed by atoms with van der Waals surface area (Å²) in [6.07, 6.45) is 0.864. The molecule has 0 heterocycles. The molecule has 0 fully saturated rings. The lowest BCUT2D eigenvalue weighted by molar-refractivity contribution is -0.124. The molecule has 1 N–H and O–H groups in total. The number of hydrogen-bond acceptors (Lipinski definition) is 4. The van der Waals surface area contributed by atoms with E-state index in [-0.39, 0.29) is 18.6 Å². The van der Waals surface area contributed by atoms with E-state index < -0.39 is 0 Å². The Balaban J connectivity index is 2.00. The highest BCUT2D eigenvalue weighted by molar-refractivity contribution is 5.78. The van der Waals surface area contributed by atoms with Gasteiger partial charge in [0, 0.05) is 18.2 Å². The molecule has 2 rings (SSSR count). The molecule has 0 unspecified atom stereocenters. The maximum absolute atomic E-state index is 12.4. The van der Waals surface area contributed by atoms with Crippen molar-refractivity contribution < 1.29 is 19.0 Å². The van der Waals surface area contributed by atoms with Crippen LogP contribution < -0.4 is 19.5 Å². The fraction of sp³-hybridized carbons (Fsp3) is 0.381. The number of ether oxygens (including phenoxy) is 3. The third-order valence-electron chi connectivity index (χ3n) is 3.94. The Bertz CT molecular complexity index is 678. The van der Waals surface area contributed by atoms with E-state index in [4.69, 9.17) is 14.2 Å². The molecule has 140 valence electrons. The monoisotopic (exact) mass is 357 g/mol. The molecule has 2 aromatic rings. The molecule has 0 saturated heterocycles.